The van der Waals surface area contributed by atoms with Gasteiger partial charge in [-0.1, -0.05) is 39.1 Å². The van der Waals surface area contributed by atoms with Gasteiger partial charge in [-0.05, 0) is 30.3 Å². The second-order valence-corrected chi connectivity index (χ2v) is 5.77. The van der Waals surface area contributed by atoms with Gasteiger partial charge in [0.15, 0.2) is 0 Å². The van der Waals surface area contributed by atoms with Crippen molar-refractivity contribution in [2.45, 2.75) is 6.54 Å². The standard InChI is InChI=1S/C13H9BrCl2N2O2/c14-9-1-4-13(18(19)20)8(5-9)7-17-12-6-10(15)2-3-11(12)16/h1-6,17H,7H2. The van der Waals surface area contributed by atoms with E-state index in [-0.39, 0.29) is 12.2 Å². The average Bonchev–Trinajstić information content (AvgIpc) is 2.39. The van der Waals surface area contributed by atoms with E-state index >= 15 is 0 Å². The molecule has 1 N–H and O–H groups in total. The van der Waals surface area contributed by atoms with Crippen molar-refractivity contribution >= 4 is 50.5 Å². The van der Waals surface area contributed by atoms with E-state index in [9.17, 15) is 10.1 Å². The largest absolute Gasteiger partial charge is 0.379 e. The first-order valence-electron chi connectivity index (χ1n) is 5.59. The third-order valence-corrected chi connectivity index (χ3v) is 3.69. The van der Waals surface area contributed by atoms with Crippen LogP contribution in [-0.4, -0.2) is 4.92 Å². The van der Waals surface area contributed by atoms with E-state index in [2.05, 4.69) is 21.2 Å². The molecule has 0 aliphatic heterocycles. The predicted molar refractivity (Wildman–Crippen MR) is 84.6 cm³/mol. The van der Waals surface area contributed by atoms with E-state index in [0.717, 1.165) is 4.47 Å². The minimum Gasteiger partial charge on any atom is -0.379 e. The fourth-order valence-corrected chi connectivity index (χ4v) is 2.46. The maximum absolute atomic E-state index is 11.0. The molecule has 0 aliphatic carbocycles. The highest BCUT2D eigenvalue weighted by molar-refractivity contribution is 9.10. The van der Waals surface area contributed by atoms with E-state index in [4.69, 9.17) is 23.2 Å². The quantitative estimate of drug-likeness (QED) is 0.584. The van der Waals surface area contributed by atoms with Crippen molar-refractivity contribution < 1.29 is 4.92 Å². The third-order valence-electron chi connectivity index (χ3n) is 2.64. The summed E-state index contributed by atoms with van der Waals surface area (Å²) in [6.07, 6.45) is 0. The summed E-state index contributed by atoms with van der Waals surface area (Å²) in [7, 11) is 0. The monoisotopic (exact) mass is 374 g/mol. The Morgan fingerprint density at radius 1 is 1.20 bits per heavy atom. The highest BCUT2D eigenvalue weighted by Crippen LogP contribution is 2.28. The highest BCUT2D eigenvalue weighted by atomic mass is 79.9. The zero-order valence-electron chi connectivity index (χ0n) is 10.1. The van der Waals surface area contributed by atoms with E-state index in [1.807, 2.05) is 0 Å². The van der Waals surface area contributed by atoms with Crippen LogP contribution in [-0.2, 0) is 6.54 Å². The molecule has 2 aromatic carbocycles. The van der Waals surface area contributed by atoms with E-state index in [0.29, 0.717) is 21.3 Å². The molecule has 0 bridgehead atoms. The van der Waals surface area contributed by atoms with Gasteiger partial charge in [-0.2, -0.15) is 0 Å². The molecule has 104 valence electrons. The summed E-state index contributed by atoms with van der Waals surface area (Å²) in [4.78, 5) is 10.6. The number of nitrogens with zero attached hydrogens (tertiary/aromatic N) is 1. The molecule has 20 heavy (non-hydrogen) atoms. The smallest absolute Gasteiger partial charge is 0.274 e. The molecule has 0 amide bonds. The number of hydrogen-bond donors (Lipinski definition) is 1. The van der Waals surface area contributed by atoms with Gasteiger partial charge < -0.3 is 5.32 Å². The first-order chi connectivity index (χ1) is 9.47. The van der Waals surface area contributed by atoms with Crippen LogP contribution in [0, 0.1) is 10.1 Å². The SMILES string of the molecule is O=[N+]([O-])c1ccc(Br)cc1CNc1cc(Cl)ccc1Cl. The average molecular weight is 376 g/mol. The maximum atomic E-state index is 11.0. The summed E-state index contributed by atoms with van der Waals surface area (Å²) < 4.78 is 0.775. The lowest BCUT2D eigenvalue weighted by Crippen LogP contribution is -2.03. The number of nitro groups is 1. The van der Waals surface area contributed by atoms with Crippen molar-refractivity contribution in [3.63, 3.8) is 0 Å². The van der Waals surface area contributed by atoms with Crippen LogP contribution in [0.4, 0.5) is 11.4 Å². The van der Waals surface area contributed by atoms with E-state index < -0.39 is 4.92 Å². The van der Waals surface area contributed by atoms with Crippen LogP contribution in [0.25, 0.3) is 0 Å². The van der Waals surface area contributed by atoms with Crippen LogP contribution in [0.2, 0.25) is 10.0 Å². The Bertz CT molecular complexity index is 665. The van der Waals surface area contributed by atoms with Crippen molar-refractivity contribution in [3.8, 4) is 0 Å². The van der Waals surface area contributed by atoms with Gasteiger partial charge in [0.1, 0.15) is 0 Å². The molecule has 0 spiro atoms. The first-order valence-corrected chi connectivity index (χ1v) is 7.14. The summed E-state index contributed by atoms with van der Waals surface area (Å²) in [5.74, 6) is 0. The molecule has 0 fully saturated rings. The number of anilines is 1. The Morgan fingerprint density at radius 2 is 1.95 bits per heavy atom. The summed E-state index contributed by atoms with van der Waals surface area (Å²) in [5, 5.41) is 15.1. The molecule has 0 aromatic heterocycles. The highest BCUT2D eigenvalue weighted by Gasteiger charge is 2.14. The second kappa shape index (κ2) is 6.43. The Kier molecular flexibility index (Phi) is 4.86. The van der Waals surface area contributed by atoms with Crippen LogP contribution >= 0.6 is 39.1 Å². The molecule has 0 aliphatic rings. The molecular formula is C13H9BrCl2N2O2. The van der Waals surface area contributed by atoms with Gasteiger partial charge in [0.05, 0.1) is 15.6 Å². The minimum absolute atomic E-state index is 0.0545. The van der Waals surface area contributed by atoms with Gasteiger partial charge in [0.2, 0.25) is 0 Å². The van der Waals surface area contributed by atoms with Crippen molar-refractivity contribution in [1.29, 1.82) is 0 Å². The van der Waals surface area contributed by atoms with Crippen molar-refractivity contribution in [1.82, 2.24) is 0 Å². The lowest BCUT2D eigenvalue weighted by atomic mass is 10.1. The maximum Gasteiger partial charge on any atom is 0.274 e. The topological polar surface area (TPSA) is 55.2 Å². The van der Waals surface area contributed by atoms with Gasteiger partial charge in [-0.25, -0.2) is 0 Å². The summed E-state index contributed by atoms with van der Waals surface area (Å²) in [6, 6.07) is 9.81. The number of hydrogen-bond acceptors (Lipinski definition) is 3. The second-order valence-electron chi connectivity index (χ2n) is 4.01. The van der Waals surface area contributed by atoms with Gasteiger partial charge in [-0.15, -0.1) is 0 Å². The van der Waals surface area contributed by atoms with Gasteiger partial charge in [0.25, 0.3) is 5.69 Å². The number of nitrogens with one attached hydrogen (secondary N) is 1. The summed E-state index contributed by atoms with van der Waals surface area (Å²) >= 11 is 15.2. The van der Waals surface area contributed by atoms with E-state index in [1.54, 1.807) is 30.3 Å². The Morgan fingerprint density at radius 3 is 2.65 bits per heavy atom. The summed E-state index contributed by atoms with van der Waals surface area (Å²) in [5.41, 5.74) is 1.24. The van der Waals surface area contributed by atoms with Crippen LogP contribution in [0.15, 0.2) is 40.9 Å². The fraction of sp³-hybridized carbons (Fsp3) is 0.0769. The summed E-state index contributed by atoms with van der Waals surface area (Å²) in [6.45, 7) is 0.274. The lowest BCUT2D eigenvalue weighted by Gasteiger charge is -2.09. The Balaban J connectivity index is 2.24. The molecule has 7 heteroatoms. The molecule has 4 nitrogen and oxygen atoms in total. The van der Waals surface area contributed by atoms with E-state index in [1.165, 1.54) is 6.07 Å². The molecule has 0 saturated heterocycles. The number of rotatable bonds is 4. The van der Waals surface area contributed by atoms with Gasteiger partial charge in [-0.3, -0.25) is 10.1 Å². The number of benzene rings is 2. The molecule has 0 unspecified atom stereocenters. The van der Waals surface area contributed by atoms with Crippen molar-refractivity contribution in [3.05, 3.63) is 66.6 Å². The zero-order valence-corrected chi connectivity index (χ0v) is 13.2. The van der Waals surface area contributed by atoms with Crippen LogP contribution in [0.3, 0.4) is 0 Å². The van der Waals surface area contributed by atoms with Crippen LogP contribution in [0.1, 0.15) is 5.56 Å². The molecule has 0 saturated carbocycles. The lowest BCUT2D eigenvalue weighted by molar-refractivity contribution is -0.385. The van der Waals surface area contributed by atoms with Crippen LogP contribution < -0.4 is 5.32 Å². The first kappa shape index (κ1) is 15.1. The van der Waals surface area contributed by atoms with Crippen molar-refractivity contribution in [2.75, 3.05) is 5.32 Å². The van der Waals surface area contributed by atoms with Gasteiger partial charge >= 0.3 is 0 Å². The minimum atomic E-state index is -0.414. The fourth-order valence-electron chi connectivity index (χ4n) is 1.70. The molecule has 0 heterocycles. The predicted octanol–water partition coefficient (Wildman–Crippen LogP) is 5.28. The molecule has 2 rings (SSSR count). The number of nitro benzene ring substituents is 1. The van der Waals surface area contributed by atoms with Crippen molar-refractivity contribution in [2.24, 2.45) is 0 Å². The molecular weight excluding hydrogens is 367 g/mol. The molecule has 2 aromatic rings. The Labute approximate surface area is 134 Å². The van der Waals surface area contributed by atoms with Crippen LogP contribution in [0.5, 0.6) is 0 Å². The van der Waals surface area contributed by atoms with Gasteiger partial charge in [0, 0.05) is 27.7 Å². The molecule has 0 radical (unpaired) electrons. The Hall–Kier alpha value is -1.30. The molecule has 0 atom stereocenters. The normalized spacial score (nSPS) is 10.3. The third kappa shape index (κ3) is 3.62. The number of halogens is 3. The zero-order chi connectivity index (χ0) is 14.7.